The molecule has 1 aromatic rings. The summed E-state index contributed by atoms with van der Waals surface area (Å²) in [5.74, 6) is 2.53. The molecule has 31 heavy (non-hydrogen) atoms. The van der Waals surface area contributed by atoms with E-state index in [1.54, 1.807) is 7.11 Å². The first-order chi connectivity index (χ1) is 14.7. The van der Waals surface area contributed by atoms with E-state index in [-0.39, 0.29) is 29.4 Å². The maximum Gasteiger partial charge on any atom is 0.231 e. The zero-order valence-electron chi connectivity index (χ0n) is 18.7. The smallest absolute Gasteiger partial charge is 0.231 e. The number of nitrogens with zero attached hydrogens (tertiary/aromatic N) is 1. The van der Waals surface area contributed by atoms with E-state index in [0.29, 0.717) is 12.2 Å². The largest absolute Gasteiger partial charge is 0.454 e. The number of aliphatic imine (C=N–C) groups is 1. The van der Waals surface area contributed by atoms with Crippen LogP contribution in [0.25, 0.3) is 0 Å². The molecular weight excluding hydrogens is 509 g/mol. The van der Waals surface area contributed by atoms with Crippen LogP contribution in [0.2, 0.25) is 0 Å². The molecule has 3 aliphatic rings. The predicted octanol–water partition coefficient (Wildman–Crippen LogP) is 3.45. The topological polar surface area (TPSA) is 73.3 Å². The minimum atomic E-state index is -0.0128. The standard InChI is InChI=1S/C23H35N3O4.HI/c1-24-21(25-15-22(6-3-7-22)8-11-27-2)26-16-23(9-12-28-13-10-23)18-4-5-19-20(14-18)30-17-29-19;/h4-5,14H,3,6-13,15-17H2,1-2H3,(H2,24,25,26);1H. The Hall–Kier alpha value is -1.26. The van der Waals surface area contributed by atoms with Crippen molar-refractivity contribution in [3.8, 4) is 11.5 Å². The van der Waals surface area contributed by atoms with Crippen LogP contribution in [0.4, 0.5) is 0 Å². The first-order valence-electron chi connectivity index (χ1n) is 11.1. The van der Waals surface area contributed by atoms with E-state index in [2.05, 4.69) is 27.8 Å². The van der Waals surface area contributed by atoms with E-state index in [4.69, 9.17) is 18.9 Å². The summed E-state index contributed by atoms with van der Waals surface area (Å²) in [7, 11) is 3.62. The molecule has 1 aromatic carbocycles. The molecule has 1 saturated carbocycles. The van der Waals surface area contributed by atoms with Crippen LogP contribution in [0.3, 0.4) is 0 Å². The van der Waals surface area contributed by atoms with Gasteiger partial charge in [0.2, 0.25) is 6.79 Å². The average Bonchev–Trinajstić information content (AvgIpc) is 3.23. The third-order valence-electron chi connectivity index (χ3n) is 7.13. The van der Waals surface area contributed by atoms with Gasteiger partial charge in [-0.25, -0.2) is 0 Å². The van der Waals surface area contributed by atoms with Crippen molar-refractivity contribution in [3.63, 3.8) is 0 Å². The van der Waals surface area contributed by atoms with E-state index in [1.165, 1.54) is 24.8 Å². The van der Waals surface area contributed by atoms with E-state index < -0.39 is 0 Å². The fraction of sp³-hybridized carbons (Fsp3) is 0.696. The molecule has 0 amide bonds. The van der Waals surface area contributed by atoms with Crippen LogP contribution < -0.4 is 20.1 Å². The Morgan fingerprint density at radius 3 is 2.48 bits per heavy atom. The molecule has 0 aromatic heterocycles. The third-order valence-corrected chi connectivity index (χ3v) is 7.13. The second-order valence-corrected chi connectivity index (χ2v) is 8.84. The van der Waals surface area contributed by atoms with Gasteiger partial charge in [-0.15, -0.1) is 24.0 Å². The molecule has 2 N–H and O–H groups in total. The highest BCUT2D eigenvalue weighted by Crippen LogP contribution is 2.43. The highest BCUT2D eigenvalue weighted by atomic mass is 127. The van der Waals surface area contributed by atoms with Gasteiger partial charge in [0.15, 0.2) is 17.5 Å². The number of hydrogen-bond donors (Lipinski definition) is 2. The maximum atomic E-state index is 5.68. The second-order valence-electron chi connectivity index (χ2n) is 8.84. The minimum Gasteiger partial charge on any atom is -0.454 e. The van der Waals surface area contributed by atoms with Gasteiger partial charge in [-0.1, -0.05) is 12.5 Å². The monoisotopic (exact) mass is 545 g/mol. The van der Waals surface area contributed by atoms with E-state index in [9.17, 15) is 0 Å². The third kappa shape index (κ3) is 5.57. The number of ether oxygens (including phenoxy) is 4. The van der Waals surface area contributed by atoms with Crippen molar-refractivity contribution in [2.24, 2.45) is 10.4 Å². The van der Waals surface area contributed by atoms with Gasteiger partial charge in [0.25, 0.3) is 0 Å². The van der Waals surface area contributed by atoms with Gasteiger partial charge in [-0.05, 0) is 55.2 Å². The number of hydrogen-bond acceptors (Lipinski definition) is 5. The highest BCUT2D eigenvalue weighted by molar-refractivity contribution is 14.0. The molecule has 2 aliphatic heterocycles. The molecule has 1 saturated heterocycles. The maximum absolute atomic E-state index is 5.68. The molecule has 0 unspecified atom stereocenters. The first-order valence-corrected chi connectivity index (χ1v) is 11.1. The molecule has 1 aliphatic carbocycles. The fourth-order valence-electron chi connectivity index (χ4n) is 4.81. The lowest BCUT2D eigenvalue weighted by atomic mass is 9.67. The molecule has 0 atom stereocenters. The number of nitrogens with one attached hydrogen (secondary N) is 2. The van der Waals surface area contributed by atoms with Crippen LogP contribution in [0.1, 0.15) is 44.1 Å². The summed E-state index contributed by atoms with van der Waals surface area (Å²) in [6.45, 7) is 4.40. The van der Waals surface area contributed by atoms with Gasteiger partial charge in [0.1, 0.15) is 0 Å². The van der Waals surface area contributed by atoms with Crippen molar-refractivity contribution >= 4 is 29.9 Å². The van der Waals surface area contributed by atoms with Crippen molar-refractivity contribution in [2.75, 3.05) is 53.9 Å². The van der Waals surface area contributed by atoms with E-state index in [0.717, 1.165) is 69.6 Å². The average molecular weight is 545 g/mol. The van der Waals surface area contributed by atoms with Gasteiger partial charge < -0.3 is 29.6 Å². The Morgan fingerprint density at radius 2 is 1.81 bits per heavy atom. The van der Waals surface area contributed by atoms with Crippen molar-refractivity contribution < 1.29 is 18.9 Å². The van der Waals surface area contributed by atoms with Gasteiger partial charge in [-0.2, -0.15) is 0 Å². The summed E-state index contributed by atoms with van der Waals surface area (Å²) in [6.07, 6.45) is 6.87. The summed E-state index contributed by atoms with van der Waals surface area (Å²) >= 11 is 0. The van der Waals surface area contributed by atoms with Crippen LogP contribution in [0.5, 0.6) is 11.5 Å². The summed E-state index contributed by atoms with van der Waals surface area (Å²) in [6, 6.07) is 6.34. The van der Waals surface area contributed by atoms with Crippen molar-refractivity contribution in [2.45, 2.75) is 43.9 Å². The number of guanidine groups is 1. The molecule has 8 heteroatoms. The Labute approximate surface area is 202 Å². The van der Waals surface area contributed by atoms with Crippen LogP contribution in [-0.2, 0) is 14.9 Å². The Balaban J connectivity index is 0.00000272. The Morgan fingerprint density at radius 1 is 1.06 bits per heavy atom. The predicted molar refractivity (Wildman–Crippen MR) is 132 cm³/mol. The quantitative estimate of drug-likeness (QED) is 0.296. The first kappa shape index (κ1) is 24.4. The van der Waals surface area contributed by atoms with Crippen LogP contribution in [0, 0.1) is 5.41 Å². The van der Waals surface area contributed by atoms with Crippen LogP contribution >= 0.6 is 24.0 Å². The molecule has 0 spiro atoms. The van der Waals surface area contributed by atoms with E-state index >= 15 is 0 Å². The molecule has 7 nitrogen and oxygen atoms in total. The zero-order chi connectivity index (χ0) is 20.9. The molecule has 174 valence electrons. The normalized spacial score (nSPS) is 21.0. The summed E-state index contributed by atoms with van der Waals surface area (Å²) in [4.78, 5) is 4.48. The number of methoxy groups -OCH3 is 1. The SMILES string of the molecule is CN=C(NCC1(CCOC)CCC1)NCC1(c2ccc3c(c2)OCO3)CCOCC1.I. The summed E-state index contributed by atoms with van der Waals surface area (Å²) in [5, 5.41) is 7.18. The van der Waals surface area contributed by atoms with Gasteiger partial charge in [0, 0.05) is 52.5 Å². The second kappa shape index (κ2) is 11.0. The molecule has 2 heterocycles. The van der Waals surface area contributed by atoms with E-state index in [1.807, 2.05) is 13.1 Å². The number of rotatable bonds is 8. The molecule has 0 bridgehead atoms. The molecule has 4 rings (SSSR count). The molecule has 2 fully saturated rings. The number of benzene rings is 1. The van der Waals surface area contributed by atoms with Crippen molar-refractivity contribution in [3.05, 3.63) is 23.8 Å². The zero-order valence-corrected chi connectivity index (χ0v) is 21.0. The fourth-order valence-corrected chi connectivity index (χ4v) is 4.81. The van der Waals surface area contributed by atoms with Crippen molar-refractivity contribution in [1.29, 1.82) is 0 Å². The van der Waals surface area contributed by atoms with Crippen LogP contribution in [0.15, 0.2) is 23.2 Å². The highest BCUT2D eigenvalue weighted by Gasteiger charge is 2.38. The van der Waals surface area contributed by atoms with Gasteiger partial charge in [0.05, 0.1) is 0 Å². The summed E-state index contributed by atoms with van der Waals surface area (Å²) < 4.78 is 22.1. The summed E-state index contributed by atoms with van der Waals surface area (Å²) in [5.41, 5.74) is 1.61. The molecule has 0 radical (unpaired) electrons. The molecular formula is C23H36IN3O4. The lowest BCUT2D eigenvalue weighted by Gasteiger charge is -2.42. The van der Waals surface area contributed by atoms with Gasteiger partial charge >= 0.3 is 0 Å². The lowest BCUT2D eigenvalue weighted by Crippen LogP contribution is -2.51. The number of fused-ring (bicyclic) bond motifs is 1. The van der Waals surface area contributed by atoms with Crippen molar-refractivity contribution in [1.82, 2.24) is 10.6 Å². The van der Waals surface area contributed by atoms with Gasteiger partial charge in [-0.3, -0.25) is 4.99 Å². The number of halogens is 1. The Bertz CT molecular complexity index is 748. The lowest BCUT2D eigenvalue weighted by molar-refractivity contribution is 0.0511. The minimum absolute atomic E-state index is 0. The van der Waals surface area contributed by atoms with Crippen LogP contribution in [-0.4, -0.2) is 59.8 Å². The Kier molecular flexibility index (Phi) is 8.69.